The Kier molecular flexibility index (Phi) is 3.74. The minimum absolute atomic E-state index is 0.329. The monoisotopic (exact) mass is 535 g/mol. The number of nitrogens with zero attached hydrogens (tertiary/aromatic N) is 1. The summed E-state index contributed by atoms with van der Waals surface area (Å²) >= 11 is 14.6. The number of hydrogen-bond acceptors (Lipinski definition) is 1. The summed E-state index contributed by atoms with van der Waals surface area (Å²) in [6.07, 6.45) is 0.329. The molecule has 1 saturated heterocycles. The first-order chi connectivity index (χ1) is 10.0. The zero-order chi connectivity index (χ0) is 14.7. The van der Waals surface area contributed by atoms with Crippen molar-refractivity contribution in [2.75, 3.05) is 6.61 Å². The molecule has 1 aliphatic heterocycles. The highest BCUT2D eigenvalue weighted by Crippen LogP contribution is 2.41. The zero-order valence-corrected chi connectivity index (χ0v) is 17.0. The van der Waals surface area contributed by atoms with E-state index in [1.54, 1.807) is 0 Å². The molecule has 0 radical (unpaired) electrons. The maximum absolute atomic E-state index is 5.44. The SMILES string of the molecule is Brc1cc(Br)c2c(c1)c1cc(Br)cc(Br)c1n2C[C@H]1CO1. The number of fused-ring (bicyclic) bond motifs is 3. The summed E-state index contributed by atoms with van der Waals surface area (Å²) in [5.41, 5.74) is 2.42. The van der Waals surface area contributed by atoms with Gasteiger partial charge in [-0.1, -0.05) is 31.9 Å². The molecule has 0 bridgehead atoms. The van der Waals surface area contributed by atoms with E-state index in [1.807, 2.05) is 0 Å². The van der Waals surface area contributed by atoms with Crippen molar-refractivity contribution in [2.45, 2.75) is 12.6 Å². The van der Waals surface area contributed by atoms with Crippen LogP contribution in [0.3, 0.4) is 0 Å². The average molecular weight is 539 g/mol. The lowest BCUT2D eigenvalue weighted by atomic mass is 10.1. The largest absolute Gasteiger partial charge is 0.371 e. The maximum Gasteiger partial charge on any atom is 0.0988 e. The standard InChI is InChI=1S/C15H9Br4NO/c16-7-1-10-11-2-8(17)4-13(19)15(11)20(5-9-6-21-9)14(10)12(18)3-7/h1-4,9H,5-6H2/t9-/m0/s1. The summed E-state index contributed by atoms with van der Waals surface area (Å²) in [5, 5.41) is 2.46. The van der Waals surface area contributed by atoms with Crippen molar-refractivity contribution in [3.63, 3.8) is 0 Å². The molecule has 2 nitrogen and oxygen atoms in total. The normalized spacial score (nSPS) is 17.8. The van der Waals surface area contributed by atoms with Crippen LogP contribution in [0.4, 0.5) is 0 Å². The fraction of sp³-hybridized carbons (Fsp3) is 0.200. The first kappa shape index (κ1) is 14.7. The van der Waals surface area contributed by atoms with E-state index in [2.05, 4.69) is 92.6 Å². The fourth-order valence-electron chi connectivity index (χ4n) is 2.76. The van der Waals surface area contributed by atoms with Gasteiger partial charge in [-0.15, -0.1) is 0 Å². The molecular formula is C15H9Br4NO. The summed E-state index contributed by atoms with van der Waals surface area (Å²) < 4.78 is 12.1. The van der Waals surface area contributed by atoms with E-state index in [1.165, 1.54) is 21.8 Å². The molecule has 108 valence electrons. The van der Waals surface area contributed by atoms with Crippen LogP contribution in [0, 0.1) is 0 Å². The highest BCUT2D eigenvalue weighted by atomic mass is 79.9. The lowest BCUT2D eigenvalue weighted by Crippen LogP contribution is -2.04. The number of aromatic nitrogens is 1. The molecule has 0 N–H and O–H groups in total. The van der Waals surface area contributed by atoms with Gasteiger partial charge in [0.15, 0.2) is 0 Å². The number of benzene rings is 2. The van der Waals surface area contributed by atoms with E-state index in [-0.39, 0.29) is 0 Å². The lowest BCUT2D eigenvalue weighted by Gasteiger charge is -2.08. The number of halogens is 4. The lowest BCUT2D eigenvalue weighted by molar-refractivity contribution is 0.387. The molecule has 1 aromatic heterocycles. The molecule has 21 heavy (non-hydrogen) atoms. The zero-order valence-electron chi connectivity index (χ0n) is 10.7. The van der Waals surface area contributed by atoms with E-state index >= 15 is 0 Å². The molecule has 1 fully saturated rings. The molecule has 1 aliphatic rings. The van der Waals surface area contributed by atoms with E-state index in [4.69, 9.17) is 4.74 Å². The Morgan fingerprint density at radius 2 is 1.38 bits per heavy atom. The van der Waals surface area contributed by atoms with E-state index in [9.17, 15) is 0 Å². The molecule has 6 heteroatoms. The second-order valence-electron chi connectivity index (χ2n) is 5.13. The Bertz CT molecular complexity index is 817. The Balaban J connectivity index is 2.18. The smallest absolute Gasteiger partial charge is 0.0988 e. The van der Waals surface area contributed by atoms with Gasteiger partial charge in [-0.2, -0.15) is 0 Å². The molecule has 0 aliphatic carbocycles. The number of epoxide rings is 1. The van der Waals surface area contributed by atoms with Gasteiger partial charge in [0, 0.05) is 28.7 Å². The summed E-state index contributed by atoms with van der Waals surface area (Å²) in [7, 11) is 0. The molecule has 0 amide bonds. The van der Waals surface area contributed by atoms with Crippen LogP contribution in [0.2, 0.25) is 0 Å². The van der Waals surface area contributed by atoms with Crippen LogP contribution in [0.5, 0.6) is 0 Å². The van der Waals surface area contributed by atoms with Gasteiger partial charge in [-0.3, -0.25) is 0 Å². The van der Waals surface area contributed by atoms with Crippen molar-refractivity contribution < 1.29 is 4.74 Å². The number of ether oxygens (including phenoxy) is 1. The van der Waals surface area contributed by atoms with Crippen molar-refractivity contribution >= 4 is 85.5 Å². The summed E-state index contributed by atoms with van der Waals surface area (Å²) in [4.78, 5) is 0. The quantitative estimate of drug-likeness (QED) is 0.353. The van der Waals surface area contributed by atoms with Crippen LogP contribution in [0.15, 0.2) is 42.2 Å². The molecule has 0 saturated carbocycles. The van der Waals surface area contributed by atoms with Crippen molar-refractivity contribution in [1.29, 1.82) is 0 Å². The first-order valence-electron chi connectivity index (χ1n) is 6.42. The summed E-state index contributed by atoms with van der Waals surface area (Å²) in [5.74, 6) is 0. The Morgan fingerprint density at radius 1 is 0.905 bits per heavy atom. The summed E-state index contributed by atoms with van der Waals surface area (Å²) in [6, 6.07) is 8.53. The van der Waals surface area contributed by atoms with Gasteiger partial charge in [0.25, 0.3) is 0 Å². The first-order valence-corrected chi connectivity index (χ1v) is 9.59. The van der Waals surface area contributed by atoms with Crippen LogP contribution in [-0.2, 0) is 11.3 Å². The van der Waals surface area contributed by atoms with Crippen LogP contribution in [0.1, 0.15) is 0 Å². The molecule has 2 aromatic carbocycles. The van der Waals surface area contributed by atoms with Gasteiger partial charge in [0.05, 0.1) is 30.3 Å². The topological polar surface area (TPSA) is 17.5 Å². The molecule has 3 aromatic rings. The van der Waals surface area contributed by atoms with Gasteiger partial charge in [0.1, 0.15) is 0 Å². The van der Waals surface area contributed by atoms with E-state index < -0.39 is 0 Å². The molecule has 1 atom stereocenters. The van der Waals surface area contributed by atoms with Crippen LogP contribution in [-0.4, -0.2) is 17.3 Å². The third-order valence-corrected chi connectivity index (χ3v) is 5.80. The number of hydrogen-bond donors (Lipinski definition) is 0. The van der Waals surface area contributed by atoms with E-state index in [0.29, 0.717) is 6.10 Å². The molecule has 0 unspecified atom stereocenters. The van der Waals surface area contributed by atoms with E-state index in [0.717, 1.165) is 31.0 Å². The highest BCUT2D eigenvalue weighted by Gasteiger charge is 2.26. The van der Waals surface area contributed by atoms with Crippen LogP contribution >= 0.6 is 63.7 Å². The fourth-order valence-corrected chi connectivity index (χ4v) is 5.64. The Labute approximate surface area is 155 Å². The van der Waals surface area contributed by atoms with Crippen molar-refractivity contribution in [3.05, 3.63) is 42.2 Å². The van der Waals surface area contributed by atoms with Crippen molar-refractivity contribution in [3.8, 4) is 0 Å². The van der Waals surface area contributed by atoms with Gasteiger partial charge < -0.3 is 9.30 Å². The second kappa shape index (κ2) is 5.34. The average Bonchev–Trinajstić information content (AvgIpc) is 3.14. The Hall–Kier alpha value is 0.120. The molecular weight excluding hydrogens is 530 g/mol. The van der Waals surface area contributed by atoms with Crippen LogP contribution < -0.4 is 0 Å². The maximum atomic E-state index is 5.44. The van der Waals surface area contributed by atoms with Crippen molar-refractivity contribution in [1.82, 2.24) is 4.57 Å². The van der Waals surface area contributed by atoms with Crippen LogP contribution in [0.25, 0.3) is 21.8 Å². The van der Waals surface area contributed by atoms with Gasteiger partial charge in [0.2, 0.25) is 0 Å². The predicted octanol–water partition coefficient (Wildman–Crippen LogP) is 6.24. The minimum Gasteiger partial charge on any atom is -0.371 e. The summed E-state index contributed by atoms with van der Waals surface area (Å²) in [6.45, 7) is 1.73. The molecule has 0 spiro atoms. The molecule has 4 rings (SSSR count). The predicted molar refractivity (Wildman–Crippen MR) is 100.0 cm³/mol. The second-order valence-corrected chi connectivity index (χ2v) is 8.67. The highest BCUT2D eigenvalue weighted by molar-refractivity contribution is 9.11. The Morgan fingerprint density at radius 3 is 1.81 bits per heavy atom. The third-order valence-electron chi connectivity index (χ3n) is 3.67. The minimum atomic E-state index is 0.329. The third kappa shape index (κ3) is 2.53. The van der Waals surface area contributed by atoms with Gasteiger partial charge in [-0.25, -0.2) is 0 Å². The van der Waals surface area contributed by atoms with Gasteiger partial charge in [-0.05, 0) is 56.1 Å². The van der Waals surface area contributed by atoms with Crippen molar-refractivity contribution in [2.24, 2.45) is 0 Å². The molecule has 2 heterocycles. The number of rotatable bonds is 2. The van der Waals surface area contributed by atoms with Gasteiger partial charge >= 0.3 is 0 Å².